The van der Waals surface area contributed by atoms with Gasteiger partial charge in [0, 0.05) is 33.6 Å². The van der Waals surface area contributed by atoms with Gasteiger partial charge in [0.05, 0.1) is 5.39 Å². The number of nitrogens with zero attached hydrogens (tertiary/aromatic N) is 1. The van der Waals surface area contributed by atoms with Gasteiger partial charge in [0.2, 0.25) is 0 Å². The topological polar surface area (TPSA) is 32.3 Å². The van der Waals surface area contributed by atoms with E-state index < -0.39 is 0 Å². The Hall–Kier alpha value is -1.91. The van der Waals surface area contributed by atoms with Crippen molar-refractivity contribution in [1.29, 1.82) is 0 Å². The van der Waals surface area contributed by atoms with Gasteiger partial charge in [-0.25, -0.2) is 0 Å². The summed E-state index contributed by atoms with van der Waals surface area (Å²) in [4.78, 5) is 15.9. The fourth-order valence-corrected chi connectivity index (χ4v) is 5.05. The zero-order chi connectivity index (χ0) is 20.8. The largest absolute Gasteiger partial charge is 0.383 e. The van der Waals surface area contributed by atoms with Crippen LogP contribution in [0.1, 0.15) is 50.7 Å². The summed E-state index contributed by atoms with van der Waals surface area (Å²) in [5.74, 6) is 0. The van der Waals surface area contributed by atoms with E-state index in [1.807, 2.05) is 12.1 Å². The van der Waals surface area contributed by atoms with Crippen molar-refractivity contribution in [2.24, 2.45) is 0 Å². The van der Waals surface area contributed by atoms with Crippen LogP contribution in [-0.2, 0) is 0 Å². The monoisotopic (exact) mass is 410 g/mol. The summed E-state index contributed by atoms with van der Waals surface area (Å²) in [5, 5.41) is 5.26. The molecule has 1 N–H and O–H groups in total. The van der Waals surface area contributed by atoms with E-state index in [-0.39, 0.29) is 5.43 Å². The maximum atomic E-state index is 13.3. The normalized spacial score (nSPS) is 11.6. The summed E-state index contributed by atoms with van der Waals surface area (Å²) in [5.41, 5.74) is 3.48. The maximum absolute atomic E-state index is 13.3. The Morgan fingerprint density at radius 2 is 1.69 bits per heavy atom. The van der Waals surface area contributed by atoms with Gasteiger partial charge in [0.1, 0.15) is 0 Å². The standard InChI is InChI=1S/C25H34N2OS/c1-5-7-14-27(15-8-6-2)16-13-26-21-12-10-19(4)25-23(21)24(28)20-11-9-18(3)17-22(20)29-25/h9-12,17,26H,5-8,13-16H2,1-4H3. The van der Waals surface area contributed by atoms with Gasteiger partial charge in [-0.1, -0.05) is 38.8 Å². The summed E-state index contributed by atoms with van der Waals surface area (Å²) < 4.78 is 2.18. The van der Waals surface area contributed by atoms with E-state index in [9.17, 15) is 4.79 Å². The molecular weight excluding hydrogens is 376 g/mol. The SMILES string of the molecule is CCCCN(CCCC)CCNc1ccc(C)c2sc3cc(C)ccc3c(=O)c12. The number of hydrogen-bond donors (Lipinski definition) is 1. The molecule has 0 aliphatic carbocycles. The van der Waals surface area contributed by atoms with E-state index >= 15 is 0 Å². The highest BCUT2D eigenvalue weighted by molar-refractivity contribution is 7.24. The quantitative estimate of drug-likeness (QED) is 0.396. The first kappa shape index (κ1) is 21.8. The Bertz CT molecular complexity index is 1020. The lowest BCUT2D eigenvalue weighted by molar-refractivity contribution is 0.275. The highest BCUT2D eigenvalue weighted by Gasteiger charge is 2.13. The number of anilines is 1. The van der Waals surface area contributed by atoms with Crippen LogP contribution >= 0.6 is 11.3 Å². The smallest absolute Gasteiger partial charge is 0.197 e. The van der Waals surface area contributed by atoms with Crippen LogP contribution in [0.3, 0.4) is 0 Å². The number of fused-ring (bicyclic) bond motifs is 2. The van der Waals surface area contributed by atoms with Crippen molar-refractivity contribution in [3.63, 3.8) is 0 Å². The van der Waals surface area contributed by atoms with Gasteiger partial charge in [-0.2, -0.15) is 0 Å². The molecule has 1 heterocycles. The second-order valence-corrected chi connectivity index (χ2v) is 9.09. The third kappa shape index (κ3) is 5.18. The molecule has 0 saturated carbocycles. The fourth-order valence-electron chi connectivity index (χ4n) is 3.78. The van der Waals surface area contributed by atoms with E-state index in [0.29, 0.717) is 0 Å². The number of nitrogens with one attached hydrogen (secondary N) is 1. The van der Waals surface area contributed by atoms with Crippen molar-refractivity contribution in [3.8, 4) is 0 Å². The van der Waals surface area contributed by atoms with Crippen molar-refractivity contribution < 1.29 is 0 Å². The van der Waals surface area contributed by atoms with Gasteiger partial charge >= 0.3 is 0 Å². The minimum atomic E-state index is 0.147. The summed E-state index contributed by atoms with van der Waals surface area (Å²) in [6, 6.07) is 10.3. The average Bonchev–Trinajstić information content (AvgIpc) is 2.71. The van der Waals surface area contributed by atoms with Crippen LogP contribution in [-0.4, -0.2) is 31.1 Å². The highest BCUT2D eigenvalue weighted by atomic mass is 32.1. The van der Waals surface area contributed by atoms with Crippen LogP contribution in [0.2, 0.25) is 0 Å². The number of hydrogen-bond acceptors (Lipinski definition) is 4. The van der Waals surface area contributed by atoms with Crippen molar-refractivity contribution in [2.45, 2.75) is 53.4 Å². The molecule has 3 aromatic rings. The predicted molar refractivity (Wildman–Crippen MR) is 130 cm³/mol. The first-order valence-electron chi connectivity index (χ1n) is 11.0. The van der Waals surface area contributed by atoms with Crippen LogP contribution in [0, 0.1) is 13.8 Å². The van der Waals surface area contributed by atoms with Crippen molar-refractivity contribution >= 4 is 37.2 Å². The van der Waals surface area contributed by atoms with Crippen molar-refractivity contribution in [1.82, 2.24) is 4.90 Å². The Kier molecular flexibility index (Phi) is 7.68. The molecule has 0 spiro atoms. The Labute approximate surface area is 178 Å². The molecule has 3 nitrogen and oxygen atoms in total. The van der Waals surface area contributed by atoms with Crippen LogP contribution in [0.25, 0.3) is 20.2 Å². The van der Waals surface area contributed by atoms with E-state index in [4.69, 9.17) is 0 Å². The summed E-state index contributed by atoms with van der Waals surface area (Å²) >= 11 is 1.73. The van der Waals surface area contributed by atoms with E-state index in [1.54, 1.807) is 11.3 Å². The van der Waals surface area contributed by atoms with Crippen LogP contribution in [0.5, 0.6) is 0 Å². The lowest BCUT2D eigenvalue weighted by atomic mass is 10.1. The fraction of sp³-hybridized carbons (Fsp3) is 0.480. The molecule has 0 fully saturated rings. The number of aryl methyl sites for hydroxylation is 2. The minimum Gasteiger partial charge on any atom is -0.383 e. The first-order chi connectivity index (χ1) is 14.0. The lowest BCUT2D eigenvalue weighted by Gasteiger charge is -2.22. The third-order valence-corrected chi connectivity index (χ3v) is 6.86. The highest BCUT2D eigenvalue weighted by Crippen LogP contribution is 2.32. The Balaban J connectivity index is 1.86. The Morgan fingerprint density at radius 3 is 2.38 bits per heavy atom. The average molecular weight is 411 g/mol. The second kappa shape index (κ2) is 10.2. The van der Waals surface area contributed by atoms with E-state index in [1.165, 1.54) is 36.8 Å². The van der Waals surface area contributed by atoms with Crippen LogP contribution < -0.4 is 10.7 Å². The minimum absolute atomic E-state index is 0.147. The molecule has 0 saturated heterocycles. The molecule has 0 bridgehead atoms. The van der Waals surface area contributed by atoms with Gasteiger partial charge in [0.15, 0.2) is 5.43 Å². The van der Waals surface area contributed by atoms with E-state index in [0.717, 1.165) is 52.0 Å². The third-order valence-electron chi connectivity index (χ3n) is 5.57. The molecule has 2 aromatic carbocycles. The number of unbranched alkanes of at least 4 members (excludes halogenated alkanes) is 2. The van der Waals surface area contributed by atoms with Gasteiger partial charge in [-0.15, -0.1) is 11.3 Å². The molecule has 0 aliphatic heterocycles. The van der Waals surface area contributed by atoms with Crippen LogP contribution in [0.4, 0.5) is 5.69 Å². The Morgan fingerprint density at radius 1 is 0.966 bits per heavy atom. The molecule has 156 valence electrons. The summed E-state index contributed by atoms with van der Waals surface area (Å²) in [7, 11) is 0. The number of rotatable bonds is 10. The summed E-state index contributed by atoms with van der Waals surface area (Å²) in [6.45, 7) is 12.9. The second-order valence-electron chi connectivity index (χ2n) is 8.04. The van der Waals surface area contributed by atoms with E-state index in [2.05, 4.69) is 56.1 Å². The van der Waals surface area contributed by atoms with Gasteiger partial charge in [0.25, 0.3) is 0 Å². The van der Waals surface area contributed by atoms with Gasteiger partial charge in [-0.05, 0) is 69.1 Å². The molecule has 0 aliphatic rings. The molecule has 3 rings (SSSR count). The molecule has 0 unspecified atom stereocenters. The number of benzene rings is 2. The van der Waals surface area contributed by atoms with Gasteiger partial charge < -0.3 is 10.2 Å². The zero-order valence-corrected chi connectivity index (χ0v) is 19.1. The molecule has 29 heavy (non-hydrogen) atoms. The molecule has 1 aromatic heterocycles. The van der Waals surface area contributed by atoms with Gasteiger partial charge in [-0.3, -0.25) is 4.79 Å². The van der Waals surface area contributed by atoms with Crippen molar-refractivity contribution in [2.75, 3.05) is 31.5 Å². The van der Waals surface area contributed by atoms with Crippen molar-refractivity contribution in [3.05, 3.63) is 51.7 Å². The molecule has 0 atom stereocenters. The predicted octanol–water partition coefficient (Wildman–Crippen LogP) is 6.35. The molecule has 4 heteroatoms. The molecule has 0 amide bonds. The molecule has 0 radical (unpaired) electrons. The summed E-state index contributed by atoms with van der Waals surface area (Å²) in [6.07, 6.45) is 4.95. The molecular formula is C25H34N2OS. The maximum Gasteiger partial charge on any atom is 0.197 e. The van der Waals surface area contributed by atoms with Crippen LogP contribution in [0.15, 0.2) is 35.1 Å². The first-order valence-corrected chi connectivity index (χ1v) is 11.8. The lowest BCUT2D eigenvalue weighted by Crippen LogP contribution is -2.31. The zero-order valence-electron chi connectivity index (χ0n) is 18.3.